The number of amides is 1. The zero-order chi connectivity index (χ0) is 13.3. The Hall–Kier alpha value is -1.07. The quantitative estimate of drug-likeness (QED) is 0.900. The van der Waals surface area contributed by atoms with Crippen LogP contribution >= 0.6 is 11.6 Å². The van der Waals surface area contributed by atoms with Gasteiger partial charge in [-0.15, -0.1) is 0 Å². The molecule has 0 bridgehead atoms. The molecule has 2 N–H and O–H groups in total. The van der Waals surface area contributed by atoms with Crippen molar-refractivity contribution in [3.05, 3.63) is 16.4 Å². The van der Waals surface area contributed by atoms with Crippen LogP contribution in [0, 0.1) is 12.8 Å². The van der Waals surface area contributed by atoms with Crippen LogP contribution in [-0.4, -0.2) is 40.2 Å². The lowest BCUT2D eigenvalue weighted by Crippen LogP contribution is -2.30. The minimum absolute atomic E-state index is 0.0202. The van der Waals surface area contributed by atoms with Crippen LogP contribution in [0.1, 0.15) is 29.4 Å². The van der Waals surface area contributed by atoms with Crippen molar-refractivity contribution in [1.29, 1.82) is 0 Å². The molecule has 0 radical (unpaired) electrons. The zero-order valence-corrected chi connectivity index (χ0v) is 11.6. The maximum absolute atomic E-state index is 12.4. The number of nitrogens with two attached hydrogens (primary N) is 1. The molecule has 1 atom stereocenters. The summed E-state index contributed by atoms with van der Waals surface area (Å²) in [5.74, 6) is 0.391. The van der Waals surface area contributed by atoms with Crippen LogP contribution in [0.25, 0.3) is 0 Å². The molecule has 0 unspecified atom stereocenters. The number of carbonyl (C=O) groups excluding carboxylic acids is 1. The van der Waals surface area contributed by atoms with Crippen molar-refractivity contribution < 1.29 is 4.79 Å². The lowest BCUT2D eigenvalue weighted by atomic mass is 10.1. The second-order valence-electron chi connectivity index (χ2n) is 4.71. The molecule has 0 saturated carbocycles. The van der Waals surface area contributed by atoms with Gasteiger partial charge in [-0.3, -0.25) is 9.48 Å². The Kier molecular flexibility index (Phi) is 3.92. The lowest BCUT2D eigenvalue weighted by Gasteiger charge is -2.16. The van der Waals surface area contributed by atoms with Crippen LogP contribution in [0.4, 0.5) is 0 Å². The molecule has 6 heteroatoms. The third-order valence-electron chi connectivity index (χ3n) is 3.49. The van der Waals surface area contributed by atoms with E-state index in [9.17, 15) is 4.79 Å². The van der Waals surface area contributed by atoms with Gasteiger partial charge in [0.1, 0.15) is 5.15 Å². The molecule has 1 saturated heterocycles. The third-order valence-corrected chi connectivity index (χ3v) is 3.87. The van der Waals surface area contributed by atoms with Crippen molar-refractivity contribution in [1.82, 2.24) is 14.7 Å². The monoisotopic (exact) mass is 270 g/mol. The Morgan fingerprint density at radius 1 is 1.61 bits per heavy atom. The van der Waals surface area contributed by atoms with Gasteiger partial charge in [0.25, 0.3) is 5.91 Å². The van der Waals surface area contributed by atoms with E-state index in [1.165, 1.54) is 0 Å². The van der Waals surface area contributed by atoms with Gasteiger partial charge < -0.3 is 10.6 Å². The topological polar surface area (TPSA) is 64.2 Å². The van der Waals surface area contributed by atoms with Crippen LogP contribution < -0.4 is 5.73 Å². The van der Waals surface area contributed by atoms with Crippen LogP contribution in [0.2, 0.25) is 5.15 Å². The summed E-state index contributed by atoms with van der Waals surface area (Å²) in [6.45, 7) is 6.55. The molecule has 2 heterocycles. The van der Waals surface area contributed by atoms with Crippen molar-refractivity contribution in [3.63, 3.8) is 0 Å². The van der Waals surface area contributed by atoms with E-state index in [4.69, 9.17) is 17.3 Å². The van der Waals surface area contributed by atoms with Gasteiger partial charge in [0.15, 0.2) is 0 Å². The number of nitrogens with zero attached hydrogens (tertiary/aromatic N) is 3. The molecule has 18 heavy (non-hydrogen) atoms. The summed E-state index contributed by atoms with van der Waals surface area (Å²) in [6.07, 6.45) is 0.973. The minimum atomic E-state index is -0.0202. The van der Waals surface area contributed by atoms with Crippen LogP contribution in [0.15, 0.2) is 0 Å². The number of likely N-dealkylation sites (tertiary alicyclic amines) is 1. The molecule has 1 aromatic heterocycles. The fourth-order valence-electron chi connectivity index (χ4n) is 2.37. The fourth-order valence-corrected chi connectivity index (χ4v) is 2.75. The predicted octanol–water partition coefficient (Wildman–Crippen LogP) is 1.29. The Morgan fingerprint density at radius 3 is 2.83 bits per heavy atom. The maximum Gasteiger partial charge on any atom is 0.258 e. The van der Waals surface area contributed by atoms with E-state index >= 15 is 0 Å². The number of halogens is 1. The highest BCUT2D eigenvalue weighted by Crippen LogP contribution is 2.24. The van der Waals surface area contributed by atoms with Gasteiger partial charge in [0.2, 0.25) is 0 Å². The highest BCUT2D eigenvalue weighted by Gasteiger charge is 2.30. The highest BCUT2D eigenvalue weighted by molar-refractivity contribution is 6.33. The number of rotatable bonds is 3. The van der Waals surface area contributed by atoms with E-state index in [0.717, 1.165) is 19.5 Å². The van der Waals surface area contributed by atoms with Crippen molar-refractivity contribution in [2.75, 3.05) is 19.6 Å². The van der Waals surface area contributed by atoms with E-state index in [-0.39, 0.29) is 5.91 Å². The summed E-state index contributed by atoms with van der Waals surface area (Å²) in [7, 11) is 0. The summed E-state index contributed by atoms with van der Waals surface area (Å²) in [4.78, 5) is 14.3. The molecule has 0 aliphatic carbocycles. The Bertz CT molecular complexity index is 457. The summed E-state index contributed by atoms with van der Waals surface area (Å²) >= 11 is 6.20. The molecule has 0 spiro atoms. The molecule has 5 nitrogen and oxygen atoms in total. The largest absolute Gasteiger partial charge is 0.338 e. The maximum atomic E-state index is 12.4. The van der Waals surface area contributed by atoms with Crippen LogP contribution in [0.3, 0.4) is 0 Å². The average molecular weight is 271 g/mol. The Morgan fingerprint density at radius 2 is 2.33 bits per heavy atom. The highest BCUT2D eigenvalue weighted by atomic mass is 35.5. The van der Waals surface area contributed by atoms with Gasteiger partial charge in [-0.05, 0) is 32.7 Å². The summed E-state index contributed by atoms with van der Waals surface area (Å²) in [5, 5.41) is 4.71. The van der Waals surface area contributed by atoms with Gasteiger partial charge in [-0.2, -0.15) is 5.10 Å². The smallest absolute Gasteiger partial charge is 0.258 e. The standard InChI is InChI=1S/C12H19ClN4O/c1-3-17-11(13)10(8(2)15-17)12(18)16-5-4-9(6-14)7-16/h9H,3-7,14H2,1-2H3/t9-/m0/s1. The first kappa shape index (κ1) is 13.4. The number of aryl methyl sites for hydroxylation is 2. The van der Waals surface area contributed by atoms with Crippen molar-refractivity contribution >= 4 is 17.5 Å². The molecule has 1 amide bonds. The molecule has 2 rings (SSSR count). The molecule has 1 fully saturated rings. The van der Waals surface area contributed by atoms with Crippen molar-refractivity contribution in [3.8, 4) is 0 Å². The number of aromatic nitrogens is 2. The fraction of sp³-hybridized carbons (Fsp3) is 0.667. The van der Waals surface area contributed by atoms with E-state index in [1.54, 1.807) is 4.68 Å². The SMILES string of the molecule is CCn1nc(C)c(C(=O)N2CC[C@@H](CN)C2)c1Cl. The first-order chi connectivity index (χ1) is 8.58. The van der Waals surface area contributed by atoms with Gasteiger partial charge in [-0.1, -0.05) is 11.6 Å². The van der Waals surface area contributed by atoms with E-state index in [1.807, 2.05) is 18.7 Å². The molecule has 100 valence electrons. The second kappa shape index (κ2) is 5.28. The van der Waals surface area contributed by atoms with Crippen LogP contribution in [-0.2, 0) is 6.54 Å². The molecule has 1 aromatic rings. The average Bonchev–Trinajstić information content (AvgIpc) is 2.93. The Balaban J connectivity index is 2.22. The van der Waals surface area contributed by atoms with E-state index in [2.05, 4.69) is 5.10 Å². The predicted molar refractivity (Wildman–Crippen MR) is 70.7 cm³/mol. The molecule has 1 aliphatic heterocycles. The van der Waals surface area contributed by atoms with Gasteiger partial charge in [-0.25, -0.2) is 0 Å². The first-order valence-corrected chi connectivity index (χ1v) is 6.68. The van der Waals surface area contributed by atoms with E-state index < -0.39 is 0 Å². The number of carbonyl (C=O) groups is 1. The van der Waals surface area contributed by atoms with E-state index in [0.29, 0.717) is 35.4 Å². The molecular weight excluding hydrogens is 252 g/mol. The van der Waals surface area contributed by atoms with Crippen molar-refractivity contribution in [2.24, 2.45) is 11.7 Å². The van der Waals surface area contributed by atoms with Gasteiger partial charge >= 0.3 is 0 Å². The number of hydrogen-bond donors (Lipinski definition) is 1. The van der Waals surface area contributed by atoms with Gasteiger partial charge in [0, 0.05) is 19.6 Å². The molecular formula is C12H19ClN4O. The second-order valence-corrected chi connectivity index (χ2v) is 5.07. The van der Waals surface area contributed by atoms with Crippen molar-refractivity contribution in [2.45, 2.75) is 26.8 Å². The minimum Gasteiger partial charge on any atom is -0.338 e. The number of hydrogen-bond acceptors (Lipinski definition) is 3. The van der Waals surface area contributed by atoms with Crippen LogP contribution in [0.5, 0.6) is 0 Å². The third kappa shape index (κ3) is 2.24. The molecule has 1 aliphatic rings. The summed E-state index contributed by atoms with van der Waals surface area (Å²) in [5.41, 5.74) is 6.88. The summed E-state index contributed by atoms with van der Waals surface area (Å²) < 4.78 is 1.65. The normalized spacial score (nSPS) is 19.6. The lowest BCUT2D eigenvalue weighted by molar-refractivity contribution is 0.0787. The van der Waals surface area contributed by atoms with Gasteiger partial charge in [0.05, 0.1) is 11.3 Å². The Labute approximate surface area is 112 Å². The first-order valence-electron chi connectivity index (χ1n) is 6.30. The summed E-state index contributed by atoms with van der Waals surface area (Å²) in [6, 6.07) is 0. The molecule has 0 aromatic carbocycles. The zero-order valence-electron chi connectivity index (χ0n) is 10.8.